The second-order valence-electron chi connectivity index (χ2n) is 10.3. The average molecular weight is 444 g/mol. The fourth-order valence-corrected chi connectivity index (χ4v) is 5.64. The first kappa shape index (κ1) is 22.0. The average Bonchev–Trinajstić information content (AvgIpc) is 3.00. The Morgan fingerprint density at radius 1 is 0.968 bits per heavy atom. The van der Waals surface area contributed by atoms with Gasteiger partial charge in [-0.1, -0.05) is 0 Å². The summed E-state index contributed by atoms with van der Waals surface area (Å²) in [5.41, 5.74) is -2.17. The van der Waals surface area contributed by atoms with E-state index in [-0.39, 0.29) is 12.7 Å². The highest BCUT2D eigenvalue weighted by molar-refractivity contribution is 5.24. The number of ether oxygens (including phenoxy) is 7. The van der Waals surface area contributed by atoms with E-state index < -0.39 is 65.7 Å². The minimum atomic E-state index is -1.39. The fourth-order valence-electron chi connectivity index (χ4n) is 5.64. The largest absolute Gasteiger partial charge is 0.472 e. The zero-order valence-corrected chi connectivity index (χ0v) is 18.4. The third-order valence-corrected chi connectivity index (χ3v) is 6.84. The molecule has 1 aliphatic carbocycles. The van der Waals surface area contributed by atoms with Crippen molar-refractivity contribution in [3.8, 4) is 0 Å². The van der Waals surface area contributed by atoms with Gasteiger partial charge in [0.2, 0.25) is 6.29 Å². The van der Waals surface area contributed by atoms with Crippen LogP contribution in [0.15, 0.2) is 12.3 Å². The van der Waals surface area contributed by atoms with Gasteiger partial charge in [-0.25, -0.2) is 0 Å². The molecule has 10 atom stereocenters. The molecule has 4 aliphatic heterocycles. The summed E-state index contributed by atoms with van der Waals surface area (Å²) in [5, 5.41) is 32.6. The number of aliphatic hydroxyl groups is 3. The van der Waals surface area contributed by atoms with E-state index in [0.29, 0.717) is 6.42 Å². The molecule has 1 spiro atoms. The zero-order chi connectivity index (χ0) is 22.4. The van der Waals surface area contributed by atoms with Gasteiger partial charge < -0.3 is 48.5 Å². The molecule has 0 aromatic rings. The summed E-state index contributed by atoms with van der Waals surface area (Å²) in [6.07, 6.45) is -3.10. The van der Waals surface area contributed by atoms with Crippen LogP contribution in [0, 0.1) is 5.92 Å². The van der Waals surface area contributed by atoms with Crippen molar-refractivity contribution in [2.24, 2.45) is 5.92 Å². The Balaban J connectivity index is 1.37. The smallest absolute Gasteiger partial charge is 0.210 e. The molecule has 10 nitrogen and oxygen atoms in total. The summed E-state index contributed by atoms with van der Waals surface area (Å²) >= 11 is 0. The first-order chi connectivity index (χ1) is 14.3. The Kier molecular flexibility index (Phi) is 4.86. The predicted molar refractivity (Wildman–Crippen MR) is 102 cm³/mol. The van der Waals surface area contributed by atoms with E-state index in [1.165, 1.54) is 6.26 Å². The highest BCUT2D eigenvalue weighted by atomic mass is 16.8. The first-order valence-electron chi connectivity index (χ1n) is 10.8. The maximum absolute atomic E-state index is 11.2. The van der Waals surface area contributed by atoms with Crippen molar-refractivity contribution in [2.45, 2.75) is 107 Å². The van der Waals surface area contributed by atoms with Crippen LogP contribution in [0.25, 0.3) is 0 Å². The number of hydrogen-bond acceptors (Lipinski definition) is 10. The van der Waals surface area contributed by atoms with Crippen molar-refractivity contribution in [3.05, 3.63) is 12.3 Å². The van der Waals surface area contributed by atoms with Gasteiger partial charge in [-0.2, -0.15) is 0 Å². The Hall–Kier alpha value is -0.820. The maximum Gasteiger partial charge on any atom is 0.210 e. The minimum Gasteiger partial charge on any atom is -0.472 e. The monoisotopic (exact) mass is 444 g/mol. The molecule has 0 bridgehead atoms. The van der Waals surface area contributed by atoms with Gasteiger partial charge in [-0.05, 0) is 40.7 Å². The molecular formula is C21H32O10. The van der Waals surface area contributed by atoms with Gasteiger partial charge in [0.15, 0.2) is 17.9 Å². The number of rotatable bonds is 2. The van der Waals surface area contributed by atoms with Crippen molar-refractivity contribution in [1.29, 1.82) is 0 Å². The van der Waals surface area contributed by atoms with Crippen LogP contribution in [0.3, 0.4) is 0 Å². The second-order valence-corrected chi connectivity index (χ2v) is 10.3. The molecule has 5 rings (SSSR count). The lowest BCUT2D eigenvalue weighted by molar-refractivity contribution is -0.400. The van der Waals surface area contributed by atoms with Gasteiger partial charge in [0.1, 0.15) is 30.0 Å². The summed E-state index contributed by atoms with van der Waals surface area (Å²) < 4.78 is 41.3. The van der Waals surface area contributed by atoms with Gasteiger partial charge in [0.05, 0.1) is 30.5 Å². The van der Waals surface area contributed by atoms with Gasteiger partial charge >= 0.3 is 0 Å². The highest BCUT2D eigenvalue weighted by Crippen LogP contribution is 2.57. The molecule has 3 N–H and O–H groups in total. The summed E-state index contributed by atoms with van der Waals surface area (Å²) in [6.45, 7) is 8.96. The van der Waals surface area contributed by atoms with E-state index in [4.69, 9.17) is 33.2 Å². The summed E-state index contributed by atoms with van der Waals surface area (Å²) in [6, 6.07) is 0. The summed E-state index contributed by atoms with van der Waals surface area (Å²) in [4.78, 5) is 0. The highest BCUT2D eigenvalue weighted by Gasteiger charge is 2.71. The first-order valence-corrected chi connectivity index (χ1v) is 10.8. The third-order valence-electron chi connectivity index (χ3n) is 6.84. The number of aliphatic hydroxyl groups excluding tert-OH is 2. The Morgan fingerprint density at radius 2 is 1.71 bits per heavy atom. The molecule has 0 radical (unpaired) electrons. The second kappa shape index (κ2) is 6.85. The van der Waals surface area contributed by atoms with Gasteiger partial charge in [0, 0.05) is 6.42 Å². The molecule has 10 heteroatoms. The molecule has 4 heterocycles. The molecule has 31 heavy (non-hydrogen) atoms. The SMILES string of the molecule is CC1(C)OC[C@H]2O[C@@H](O[C@@H]3OC=C[C@@]45OC(C)(C)O[C@@H]4C[C@](C)(O)[C@@H]35)[C@H](O)[C@@H](O)[C@@H]2O1. The van der Waals surface area contributed by atoms with E-state index in [2.05, 4.69) is 0 Å². The molecule has 3 saturated heterocycles. The molecule has 0 aromatic carbocycles. The molecule has 4 fully saturated rings. The number of hydrogen-bond donors (Lipinski definition) is 3. The van der Waals surface area contributed by atoms with E-state index in [9.17, 15) is 15.3 Å². The molecule has 0 amide bonds. The topological polar surface area (TPSA) is 125 Å². The summed E-state index contributed by atoms with van der Waals surface area (Å²) in [7, 11) is 0. The molecular weight excluding hydrogens is 412 g/mol. The van der Waals surface area contributed by atoms with E-state index in [1.54, 1.807) is 26.8 Å². The molecule has 176 valence electrons. The van der Waals surface area contributed by atoms with Crippen LogP contribution in [0.2, 0.25) is 0 Å². The molecule has 0 unspecified atom stereocenters. The van der Waals surface area contributed by atoms with Crippen LogP contribution < -0.4 is 0 Å². The lowest BCUT2D eigenvalue weighted by Crippen LogP contribution is -2.66. The molecule has 0 aromatic heterocycles. The van der Waals surface area contributed by atoms with Crippen LogP contribution in [0.5, 0.6) is 0 Å². The Bertz CT molecular complexity index is 748. The predicted octanol–water partition coefficient (Wildman–Crippen LogP) is 0.132. The van der Waals surface area contributed by atoms with Gasteiger partial charge in [-0.15, -0.1) is 0 Å². The van der Waals surface area contributed by atoms with Crippen LogP contribution in [-0.2, 0) is 33.2 Å². The van der Waals surface area contributed by atoms with Crippen LogP contribution in [-0.4, -0.2) is 87.8 Å². The molecule has 5 aliphatic rings. The normalized spacial score (nSPS) is 54.6. The zero-order valence-electron chi connectivity index (χ0n) is 18.4. The minimum absolute atomic E-state index is 0.172. The quantitative estimate of drug-likeness (QED) is 0.541. The van der Waals surface area contributed by atoms with Crippen molar-refractivity contribution in [3.63, 3.8) is 0 Å². The third kappa shape index (κ3) is 3.44. The Morgan fingerprint density at radius 3 is 2.45 bits per heavy atom. The lowest BCUT2D eigenvalue weighted by atomic mass is 9.81. The van der Waals surface area contributed by atoms with E-state index in [0.717, 1.165) is 0 Å². The Labute approximate surface area is 180 Å². The standard InChI is InChI=1S/C21H32O10/c1-18(2)26-9-10-14(30-18)12(22)13(23)16(27-10)28-17-15-20(5,24)8-11-21(15,6-7-25-17)31-19(3,4)29-11/h6-7,10-17,22-24H,8-9H2,1-5H3/t10-,11-,12-,13-,14-,15-,16+,17+,20+,21-/m1/s1. The van der Waals surface area contributed by atoms with Gasteiger partial charge in [-0.3, -0.25) is 0 Å². The maximum atomic E-state index is 11.2. The van der Waals surface area contributed by atoms with Crippen molar-refractivity contribution in [1.82, 2.24) is 0 Å². The fraction of sp³-hybridized carbons (Fsp3) is 0.905. The van der Waals surface area contributed by atoms with Crippen molar-refractivity contribution in [2.75, 3.05) is 6.61 Å². The van der Waals surface area contributed by atoms with Crippen molar-refractivity contribution >= 4 is 0 Å². The molecule has 1 saturated carbocycles. The van der Waals surface area contributed by atoms with Gasteiger partial charge in [0.25, 0.3) is 0 Å². The van der Waals surface area contributed by atoms with E-state index >= 15 is 0 Å². The van der Waals surface area contributed by atoms with Crippen molar-refractivity contribution < 1.29 is 48.5 Å². The lowest BCUT2D eigenvalue weighted by Gasteiger charge is -2.50. The van der Waals surface area contributed by atoms with Crippen LogP contribution >= 0.6 is 0 Å². The van der Waals surface area contributed by atoms with Crippen LogP contribution in [0.4, 0.5) is 0 Å². The van der Waals surface area contributed by atoms with Crippen LogP contribution in [0.1, 0.15) is 41.0 Å². The summed E-state index contributed by atoms with van der Waals surface area (Å²) in [5.74, 6) is -2.38. The van der Waals surface area contributed by atoms with E-state index in [1.807, 2.05) is 13.8 Å². The number of fused-ring (bicyclic) bond motifs is 1.